The van der Waals surface area contributed by atoms with Gasteiger partial charge in [-0.05, 0) is 31.0 Å². The van der Waals surface area contributed by atoms with Crippen molar-refractivity contribution in [2.24, 2.45) is 0 Å². The lowest BCUT2D eigenvalue weighted by Crippen LogP contribution is -2.26. The average Bonchev–Trinajstić information content (AvgIpc) is 2.81. The van der Waals surface area contributed by atoms with Gasteiger partial charge in [0.1, 0.15) is 0 Å². The molecule has 2 amide bonds. The average molecular weight is 461 g/mol. The molecular weight excluding hydrogens is 439 g/mol. The third-order valence-electron chi connectivity index (χ3n) is 4.78. The zero-order chi connectivity index (χ0) is 23.8. The van der Waals surface area contributed by atoms with Crippen molar-refractivity contribution in [3.8, 4) is 0 Å². The highest BCUT2D eigenvalue weighted by Crippen LogP contribution is 2.20. The van der Waals surface area contributed by atoms with E-state index in [2.05, 4.69) is 26.1 Å². The minimum atomic E-state index is -1.66. The fourth-order valence-corrected chi connectivity index (χ4v) is 3.11. The lowest BCUT2D eigenvalue weighted by Gasteiger charge is -2.09. The number of fused-ring (bicyclic) bond motifs is 1. The molecule has 0 spiro atoms. The Bertz CT molecular complexity index is 1220. The van der Waals surface area contributed by atoms with E-state index in [0.717, 1.165) is 6.07 Å². The Hall–Kier alpha value is -3.89. The van der Waals surface area contributed by atoms with Crippen molar-refractivity contribution in [3.05, 3.63) is 64.2 Å². The molecule has 2 aromatic carbocycles. The van der Waals surface area contributed by atoms with E-state index in [4.69, 9.17) is 0 Å². The van der Waals surface area contributed by atoms with Gasteiger partial charge in [0.2, 0.25) is 11.8 Å². The number of nitrogens with zero attached hydrogens (tertiary/aromatic N) is 1. The number of amides is 2. The van der Waals surface area contributed by atoms with Crippen molar-refractivity contribution in [2.45, 2.75) is 25.7 Å². The Morgan fingerprint density at radius 2 is 1.61 bits per heavy atom. The van der Waals surface area contributed by atoms with E-state index in [-0.39, 0.29) is 30.7 Å². The van der Waals surface area contributed by atoms with Gasteiger partial charge in [0.15, 0.2) is 23.3 Å². The number of anilines is 2. The highest BCUT2D eigenvalue weighted by atomic mass is 19.2. The molecule has 0 bridgehead atoms. The van der Waals surface area contributed by atoms with Crippen LogP contribution in [0.15, 0.2) is 41.2 Å². The molecule has 0 saturated heterocycles. The number of nitrogens with one attached hydrogen (secondary N) is 4. The predicted molar refractivity (Wildman–Crippen MR) is 117 cm³/mol. The van der Waals surface area contributed by atoms with Gasteiger partial charge in [-0.3, -0.25) is 14.4 Å². The Kier molecular flexibility index (Phi) is 8.01. The molecule has 3 aromatic rings. The van der Waals surface area contributed by atoms with Crippen LogP contribution in [0.2, 0.25) is 0 Å². The number of halogens is 3. The van der Waals surface area contributed by atoms with Crippen molar-refractivity contribution in [1.29, 1.82) is 0 Å². The summed E-state index contributed by atoms with van der Waals surface area (Å²) in [6.45, 7) is 0.894. The summed E-state index contributed by atoms with van der Waals surface area (Å²) >= 11 is 0. The summed E-state index contributed by atoms with van der Waals surface area (Å²) in [5, 5.41) is 15.7. The first kappa shape index (κ1) is 23.8. The second-order valence-corrected chi connectivity index (χ2v) is 7.20. The highest BCUT2D eigenvalue weighted by Gasteiger charge is 2.15. The Labute approximate surface area is 186 Å². The SMILES string of the molecule is O=C(CCCC(=O)Nc1ccc(F)c(F)c1F)NCCCNc1n[nH]c(=O)c2ccccc12. The van der Waals surface area contributed by atoms with Gasteiger partial charge in [0.25, 0.3) is 5.56 Å². The molecule has 174 valence electrons. The van der Waals surface area contributed by atoms with Gasteiger partial charge in [-0.25, -0.2) is 18.3 Å². The summed E-state index contributed by atoms with van der Waals surface area (Å²) in [4.78, 5) is 35.5. The molecule has 0 fully saturated rings. The quantitative estimate of drug-likeness (QED) is 0.274. The summed E-state index contributed by atoms with van der Waals surface area (Å²) in [5.74, 6) is -4.81. The topological polar surface area (TPSA) is 116 Å². The van der Waals surface area contributed by atoms with Crippen LogP contribution in [-0.4, -0.2) is 35.1 Å². The number of rotatable bonds is 10. The number of carbonyl (C=O) groups is 2. The standard InChI is InChI=1S/C22H22F3N5O3/c23-15-9-10-16(20(25)19(15)24)28-18(32)8-3-7-17(31)26-11-4-12-27-21-13-5-1-2-6-14(13)22(33)30-29-21/h1-2,5-6,9-10H,3-4,7-8,11-12H2,(H,26,31)(H,27,29)(H,28,32)(H,30,33). The number of aromatic nitrogens is 2. The molecule has 0 radical (unpaired) electrons. The molecule has 33 heavy (non-hydrogen) atoms. The Morgan fingerprint density at radius 1 is 0.879 bits per heavy atom. The summed E-state index contributed by atoms with van der Waals surface area (Å²) in [6, 6.07) is 8.71. The molecule has 4 N–H and O–H groups in total. The summed E-state index contributed by atoms with van der Waals surface area (Å²) < 4.78 is 39.6. The molecule has 0 aliphatic rings. The fourth-order valence-electron chi connectivity index (χ4n) is 3.11. The van der Waals surface area contributed by atoms with E-state index >= 15 is 0 Å². The molecule has 0 atom stereocenters. The van der Waals surface area contributed by atoms with Crippen LogP contribution >= 0.6 is 0 Å². The van der Waals surface area contributed by atoms with Crippen LogP contribution in [0, 0.1) is 17.5 Å². The first-order valence-electron chi connectivity index (χ1n) is 10.3. The molecule has 0 aliphatic heterocycles. The largest absolute Gasteiger partial charge is 0.368 e. The maximum atomic E-state index is 13.6. The van der Waals surface area contributed by atoms with Gasteiger partial charge in [-0.1, -0.05) is 18.2 Å². The molecule has 0 aliphatic carbocycles. The monoisotopic (exact) mass is 461 g/mol. The van der Waals surface area contributed by atoms with Gasteiger partial charge >= 0.3 is 0 Å². The van der Waals surface area contributed by atoms with E-state index in [1.807, 2.05) is 6.07 Å². The van der Waals surface area contributed by atoms with Crippen LogP contribution < -0.4 is 21.5 Å². The number of carbonyl (C=O) groups excluding carboxylic acids is 2. The molecule has 8 nitrogen and oxygen atoms in total. The summed E-state index contributed by atoms with van der Waals surface area (Å²) in [5.41, 5.74) is -0.729. The van der Waals surface area contributed by atoms with E-state index in [9.17, 15) is 27.6 Å². The van der Waals surface area contributed by atoms with Crippen molar-refractivity contribution >= 4 is 34.1 Å². The molecule has 0 unspecified atom stereocenters. The number of aromatic amines is 1. The van der Waals surface area contributed by atoms with Crippen molar-refractivity contribution in [1.82, 2.24) is 15.5 Å². The van der Waals surface area contributed by atoms with E-state index < -0.39 is 29.0 Å². The molecule has 11 heteroatoms. The minimum Gasteiger partial charge on any atom is -0.368 e. The Balaban J connectivity index is 1.33. The third kappa shape index (κ3) is 6.31. The van der Waals surface area contributed by atoms with Gasteiger partial charge < -0.3 is 16.0 Å². The maximum absolute atomic E-state index is 13.6. The molecule has 1 aromatic heterocycles. The lowest BCUT2D eigenvalue weighted by atomic mass is 10.2. The van der Waals surface area contributed by atoms with Crippen LogP contribution in [-0.2, 0) is 9.59 Å². The van der Waals surface area contributed by atoms with Crippen LogP contribution in [0.1, 0.15) is 25.7 Å². The maximum Gasteiger partial charge on any atom is 0.272 e. The van der Waals surface area contributed by atoms with Crippen molar-refractivity contribution in [3.63, 3.8) is 0 Å². The van der Waals surface area contributed by atoms with Crippen molar-refractivity contribution < 1.29 is 22.8 Å². The van der Waals surface area contributed by atoms with E-state index in [1.165, 1.54) is 0 Å². The first-order valence-corrected chi connectivity index (χ1v) is 10.3. The van der Waals surface area contributed by atoms with Crippen LogP contribution in [0.4, 0.5) is 24.7 Å². The van der Waals surface area contributed by atoms with Crippen molar-refractivity contribution in [2.75, 3.05) is 23.7 Å². The second kappa shape index (κ2) is 11.1. The highest BCUT2D eigenvalue weighted by molar-refractivity contribution is 5.91. The van der Waals surface area contributed by atoms with Crippen LogP contribution in [0.25, 0.3) is 10.8 Å². The fraction of sp³-hybridized carbons (Fsp3) is 0.273. The molecular formula is C22H22F3N5O3. The number of benzene rings is 2. The minimum absolute atomic E-state index is 0.0766. The predicted octanol–water partition coefficient (Wildman–Crippen LogP) is 3.07. The Morgan fingerprint density at radius 3 is 2.39 bits per heavy atom. The summed E-state index contributed by atoms with van der Waals surface area (Å²) in [6.07, 6.45) is 0.789. The molecule has 0 saturated carbocycles. The third-order valence-corrected chi connectivity index (χ3v) is 4.78. The number of hydrogen-bond acceptors (Lipinski definition) is 5. The normalized spacial score (nSPS) is 10.8. The number of H-pyrrole nitrogens is 1. The van der Waals surface area contributed by atoms with E-state index in [0.29, 0.717) is 42.2 Å². The smallest absolute Gasteiger partial charge is 0.272 e. The lowest BCUT2D eigenvalue weighted by molar-refractivity contribution is -0.121. The summed E-state index contributed by atoms with van der Waals surface area (Å²) in [7, 11) is 0. The van der Waals surface area contributed by atoms with Gasteiger partial charge in [0.05, 0.1) is 11.1 Å². The van der Waals surface area contributed by atoms with E-state index in [1.54, 1.807) is 18.2 Å². The number of hydrogen-bond donors (Lipinski definition) is 4. The zero-order valence-corrected chi connectivity index (χ0v) is 17.5. The zero-order valence-electron chi connectivity index (χ0n) is 17.5. The molecule has 3 rings (SSSR count). The van der Waals surface area contributed by atoms with Gasteiger partial charge in [-0.2, -0.15) is 5.10 Å². The molecule has 1 heterocycles. The van der Waals surface area contributed by atoms with Crippen LogP contribution in [0.3, 0.4) is 0 Å². The van der Waals surface area contributed by atoms with Gasteiger partial charge in [-0.15, -0.1) is 0 Å². The van der Waals surface area contributed by atoms with Gasteiger partial charge in [0, 0.05) is 31.3 Å². The second-order valence-electron chi connectivity index (χ2n) is 7.20. The van der Waals surface area contributed by atoms with Crippen LogP contribution in [0.5, 0.6) is 0 Å². The first-order chi connectivity index (χ1) is 15.9.